The highest BCUT2D eigenvalue weighted by atomic mass is 35.5. The third-order valence-electron chi connectivity index (χ3n) is 2.24. The van der Waals surface area contributed by atoms with Gasteiger partial charge in [-0.15, -0.1) is 0 Å². The number of alkyl halides is 6. The summed E-state index contributed by atoms with van der Waals surface area (Å²) in [5, 5.41) is -0.761. The lowest BCUT2D eigenvalue weighted by Crippen LogP contribution is -2.40. The third kappa shape index (κ3) is 4.69. The topological polar surface area (TPSA) is 29.0 Å². The van der Waals surface area contributed by atoms with E-state index in [2.05, 4.69) is 9.97 Å². The molecule has 0 bridgehead atoms. The molecule has 0 amide bonds. The van der Waals surface area contributed by atoms with Crippen LogP contribution >= 0.6 is 11.6 Å². The van der Waals surface area contributed by atoms with Crippen LogP contribution < -0.4 is 4.90 Å². The monoisotopic (exact) mass is 321 g/mol. The predicted octanol–water partition coefficient (Wildman–Crippen LogP) is 3.93. The van der Waals surface area contributed by atoms with Crippen molar-refractivity contribution in [2.75, 3.05) is 11.4 Å². The fourth-order valence-electron chi connectivity index (χ4n) is 1.42. The van der Waals surface area contributed by atoms with Gasteiger partial charge in [0.05, 0.1) is 0 Å². The van der Waals surface area contributed by atoms with Gasteiger partial charge in [0.1, 0.15) is 12.4 Å². The van der Waals surface area contributed by atoms with E-state index in [-0.39, 0.29) is 0 Å². The number of aromatic nitrogens is 2. The molecule has 1 rings (SSSR count). The zero-order chi connectivity index (χ0) is 15.7. The SMILES string of the molecule is CC(C)N(CC(F)(F)F)c1cc(C(F)(F)F)nc(Cl)n1. The quantitative estimate of drug-likeness (QED) is 0.624. The van der Waals surface area contributed by atoms with E-state index in [0.717, 1.165) is 0 Å². The van der Waals surface area contributed by atoms with Gasteiger partial charge in [0.2, 0.25) is 5.28 Å². The maximum absolute atomic E-state index is 12.6. The van der Waals surface area contributed by atoms with Crippen molar-refractivity contribution < 1.29 is 26.3 Å². The Morgan fingerprint density at radius 3 is 2.10 bits per heavy atom. The average Bonchev–Trinajstić information content (AvgIpc) is 2.22. The Morgan fingerprint density at radius 2 is 1.70 bits per heavy atom. The van der Waals surface area contributed by atoms with Crippen LogP contribution in [0.4, 0.5) is 32.2 Å². The molecule has 0 unspecified atom stereocenters. The molecule has 0 fully saturated rings. The molecule has 0 radical (unpaired) electrons. The van der Waals surface area contributed by atoms with Crippen molar-refractivity contribution in [1.82, 2.24) is 9.97 Å². The molecule has 0 atom stereocenters. The first-order chi connectivity index (χ1) is 8.90. The number of anilines is 1. The van der Waals surface area contributed by atoms with E-state index in [9.17, 15) is 26.3 Å². The van der Waals surface area contributed by atoms with Crippen LogP contribution in [-0.2, 0) is 6.18 Å². The van der Waals surface area contributed by atoms with Gasteiger partial charge in [-0.2, -0.15) is 26.3 Å². The summed E-state index contributed by atoms with van der Waals surface area (Å²) in [5.74, 6) is -0.523. The van der Waals surface area contributed by atoms with Crippen molar-refractivity contribution in [2.24, 2.45) is 0 Å². The summed E-state index contributed by atoms with van der Waals surface area (Å²) in [7, 11) is 0. The third-order valence-corrected chi connectivity index (χ3v) is 2.41. The van der Waals surface area contributed by atoms with E-state index < -0.39 is 41.7 Å². The first-order valence-corrected chi connectivity index (χ1v) is 5.73. The standard InChI is InChI=1S/C10H10ClF6N3/c1-5(2)20(4-9(12,13)14)7-3-6(10(15,16)17)18-8(11)19-7/h3,5H,4H2,1-2H3. The Morgan fingerprint density at radius 1 is 1.15 bits per heavy atom. The van der Waals surface area contributed by atoms with Gasteiger partial charge >= 0.3 is 12.4 Å². The van der Waals surface area contributed by atoms with Gasteiger partial charge < -0.3 is 4.90 Å². The zero-order valence-electron chi connectivity index (χ0n) is 10.3. The van der Waals surface area contributed by atoms with E-state index in [1.807, 2.05) is 0 Å². The molecule has 3 nitrogen and oxygen atoms in total. The summed E-state index contributed by atoms with van der Waals surface area (Å²) < 4.78 is 75.0. The summed E-state index contributed by atoms with van der Waals surface area (Å²) in [6.45, 7) is 1.36. The summed E-state index contributed by atoms with van der Waals surface area (Å²) in [5.41, 5.74) is -1.39. The van der Waals surface area contributed by atoms with Gasteiger partial charge in [-0.05, 0) is 25.4 Å². The Labute approximate surface area is 115 Å². The molecule has 10 heteroatoms. The second-order valence-electron chi connectivity index (χ2n) is 4.22. The Bertz CT molecular complexity index is 471. The Kier molecular flexibility index (Phi) is 4.73. The van der Waals surface area contributed by atoms with Gasteiger partial charge in [-0.25, -0.2) is 9.97 Å². The van der Waals surface area contributed by atoms with E-state index in [1.54, 1.807) is 0 Å². The second kappa shape index (κ2) is 5.63. The van der Waals surface area contributed by atoms with E-state index in [0.29, 0.717) is 11.0 Å². The normalized spacial score (nSPS) is 12.9. The minimum absolute atomic E-state index is 0.442. The van der Waals surface area contributed by atoms with Crippen molar-refractivity contribution in [1.29, 1.82) is 0 Å². The first kappa shape index (κ1) is 16.8. The maximum Gasteiger partial charge on any atom is 0.433 e. The van der Waals surface area contributed by atoms with Crippen molar-refractivity contribution in [3.05, 3.63) is 17.0 Å². The molecular formula is C10H10ClF6N3. The molecule has 114 valence electrons. The number of hydrogen-bond donors (Lipinski definition) is 0. The van der Waals surface area contributed by atoms with Gasteiger partial charge in [-0.3, -0.25) is 0 Å². The summed E-state index contributed by atoms with van der Waals surface area (Å²) in [6.07, 6.45) is -9.40. The van der Waals surface area contributed by atoms with Gasteiger partial charge in [-0.1, -0.05) is 0 Å². The van der Waals surface area contributed by atoms with Crippen LogP contribution in [0.3, 0.4) is 0 Å². The molecule has 1 heterocycles. The lowest BCUT2D eigenvalue weighted by molar-refractivity contribution is -0.141. The lowest BCUT2D eigenvalue weighted by Gasteiger charge is -2.29. The first-order valence-electron chi connectivity index (χ1n) is 5.35. The van der Waals surface area contributed by atoms with Crippen LogP contribution in [0.15, 0.2) is 6.07 Å². The van der Waals surface area contributed by atoms with Crippen LogP contribution in [0.1, 0.15) is 19.5 Å². The summed E-state index contributed by atoms with van der Waals surface area (Å²) in [4.78, 5) is 7.07. The minimum atomic E-state index is -4.82. The molecular weight excluding hydrogens is 312 g/mol. The molecule has 0 spiro atoms. The van der Waals surface area contributed by atoms with Crippen LogP contribution in [0.25, 0.3) is 0 Å². The summed E-state index contributed by atoms with van der Waals surface area (Å²) >= 11 is 5.35. The molecule has 20 heavy (non-hydrogen) atoms. The van der Waals surface area contributed by atoms with Crippen LogP contribution in [-0.4, -0.2) is 28.7 Å². The van der Waals surface area contributed by atoms with E-state index in [4.69, 9.17) is 11.6 Å². The van der Waals surface area contributed by atoms with Gasteiger partial charge in [0, 0.05) is 12.1 Å². The Hall–Kier alpha value is -1.25. The highest BCUT2D eigenvalue weighted by Gasteiger charge is 2.36. The van der Waals surface area contributed by atoms with E-state index >= 15 is 0 Å². The fraction of sp³-hybridized carbons (Fsp3) is 0.600. The molecule has 0 N–H and O–H groups in total. The second-order valence-corrected chi connectivity index (χ2v) is 4.55. The number of nitrogens with zero attached hydrogens (tertiary/aromatic N) is 3. The molecule has 0 saturated carbocycles. The fourth-order valence-corrected chi connectivity index (χ4v) is 1.60. The molecule has 0 aliphatic carbocycles. The zero-order valence-corrected chi connectivity index (χ0v) is 11.1. The molecule has 0 aliphatic heterocycles. The van der Waals surface area contributed by atoms with Crippen LogP contribution in [0.5, 0.6) is 0 Å². The van der Waals surface area contributed by atoms with Crippen molar-refractivity contribution in [3.8, 4) is 0 Å². The molecule has 0 aromatic carbocycles. The van der Waals surface area contributed by atoms with Gasteiger partial charge in [0.15, 0.2) is 5.69 Å². The molecule has 1 aromatic heterocycles. The average molecular weight is 322 g/mol. The predicted molar refractivity (Wildman–Crippen MR) is 60.6 cm³/mol. The highest BCUT2D eigenvalue weighted by Crippen LogP contribution is 2.31. The smallest absolute Gasteiger partial charge is 0.345 e. The van der Waals surface area contributed by atoms with Crippen molar-refractivity contribution in [3.63, 3.8) is 0 Å². The van der Waals surface area contributed by atoms with Crippen molar-refractivity contribution >= 4 is 17.4 Å². The maximum atomic E-state index is 12.6. The minimum Gasteiger partial charge on any atom is -0.345 e. The number of hydrogen-bond acceptors (Lipinski definition) is 3. The van der Waals surface area contributed by atoms with Gasteiger partial charge in [0.25, 0.3) is 0 Å². The van der Waals surface area contributed by atoms with Crippen LogP contribution in [0, 0.1) is 0 Å². The largest absolute Gasteiger partial charge is 0.433 e. The molecule has 0 saturated heterocycles. The highest BCUT2D eigenvalue weighted by molar-refractivity contribution is 6.28. The summed E-state index contributed by atoms with van der Waals surface area (Å²) in [6, 6.07) is -0.277. The lowest BCUT2D eigenvalue weighted by atomic mass is 10.3. The number of rotatable bonds is 3. The Balaban J connectivity index is 3.24. The van der Waals surface area contributed by atoms with Crippen molar-refractivity contribution in [2.45, 2.75) is 32.2 Å². The van der Waals surface area contributed by atoms with Crippen LogP contribution in [0.2, 0.25) is 5.28 Å². The number of halogens is 7. The molecule has 0 aliphatic rings. The van der Waals surface area contributed by atoms with E-state index in [1.165, 1.54) is 13.8 Å². The molecule has 1 aromatic rings.